The van der Waals surface area contributed by atoms with Gasteiger partial charge in [-0.25, -0.2) is 10.2 Å². The fraction of sp³-hybridized carbons (Fsp3) is 0.0312. The number of rotatable bonds is 8. The third-order valence-corrected chi connectivity index (χ3v) is 5.83. The Morgan fingerprint density at radius 1 is 0.684 bits per heavy atom. The molecule has 0 unspecified atom stereocenters. The number of carbonyl (C=O) groups is 2. The van der Waals surface area contributed by atoms with Crippen LogP contribution in [0.25, 0.3) is 21.9 Å². The second-order valence-corrected chi connectivity index (χ2v) is 8.46. The number of benzene rings is 5. The molecule has 0 aromatic heterocycles. The van der Waals surface area contributed by atoms with Gasteiger partial charge >= 0.3 is 5.97 Å². The predicted molar refractivity (Wildman–Crippen MR) is 148 cm³/mol. The lowest BCUT2D eigenvalue weighted by molar-refractivity contribution is -0.123. The Labute approximate surface area is 220 Å². The van der Waals surface area contributed by atoms with Crippen molar-refractivity contribution in [3.63, 3.8) is 0 Å². The summed E-state index contributed by atoms with van der Waals surface area (Å²) in [7, 11) is 0. The van der Waals surface area contributed by atoms with Crippen LogP contribution in [0.1, 0.15) is 15.9 Å². The molecule has 0 atom stereocenters. The van der Waals surface area contributed by atoms with Crippen molar-refractivity contribution in [2.75, 3.05) is 6.61 Å². The van der Waals surface area contributed by atoms with E-state index in [4.69, 9.17) is 9.47 Å². The summed E-state index contributed by atoms with van der Waals surface area (Å²) in [6.45, 7) is -0.162. The summed E-state index contributed by atoms with van der Waals surface area (Å²) in [6.07, 6.45) is 1.50. The van der Waals surface area contributed by atoms with Gasteiger partial charge in [-0.1, -0.05) is 78.9 Å². The van der Waals surface area contributed by atoms with Gasteiger partial charge in [0.25, 0.3) is 5.91 Å². The third kappa shape index (κ3) is 6.12. The summed E-state index contributed by atoms with van der Waals surface area (Å²) in [4.78, 5) is 24.8. The van der Waals surface area contributed by atoms with Gasteiger partial charge in [-0.3, -0.25) is 4.79 Å². The van der Waals surface area contributed by atoms with Crippen molar-refractivity contribution in [1.82, 2.24) is 5.43 Å². The van der Waals surface area contributed by atoms with E-state index in [0.717, 1.165) is 27.5 Å². The van der Waals surface area contributed by atoms with E-state index in [0.29, 0.717) is 17.1 Å². The molecule has 1 amide bonds. The summed E-state index contributed by atoms with van der Waals surface area (Å²) in [6, 6.07) is 37.6. The Bertz CT molecular complexity index is 1570. The Morgan fingerprint density at radius 3 is 2.13 bits per heavy atom. The lowest BCUT2D eigenvalue weighted by Crippen LogP contribution is -2.24. The highest BCUT2D eigenvalue weighted by Gasteiger charge is 2.12. The van der Waals surface area contributed by atoms with Crippen LogP contribution < -0.4 is 14.9 Å². The maximum absolute atomic E-state index is 12.7. The van der Waals surface area contributed by atoms with Crippen LogP contribution in [0.2, 0.25) is 0 Å². The molecule has 0 aliphatic rings. The van der Waals surface area contributed by atoms with E-state index in [1.54, 1.807) is 30.3 Å². The number of carbonyl (C=O) groups excluding carboxylic acids is 2. The Balaban J connectivity index is 1.10. The lowest BCUT2D eigenvalue weighted by Gasteiger charge is -2.07. The monoisotopic (exact) mass is 500 g/mol. The number of fused-ring (bicyclic) bond motifs is 1. The molecule has 0 aliphatic heterocycles. The fourth-order valence-electron chi connectivity index (χ4n) is 3.92. The van der Waals surface area contributed by atoms with E-state index >= 15 is 0 Å². The Kier molecular flexibility index (Phi) is 7.51. The molecule has 5 aromatic carbocycles. The van der Waals surface area contributed by atoms with Crippen molar-refractivity contribution in [1.29, 1.82) is 0 Å². The quantitative estimate of drug-likeness (QED) is 0.118. The van der Waals surface area contributed by atoms with Crippen LogP contribution in [-0.4, -0.2) is 24.7 Å². The van der Waals surface area contributed by atoms with Crippen molar-refractivity contribution in [2.24, 2.45) is 5.10 Å². The molecule has 0 radical (unpaired) electrons. The first-order chi connectivity index (χ1) is 18.7. The number of hydrogen-bond acceptors (Lipinski definition) is 5. The minimum atomic E-state index is -0.426. The second kappa shape index (κ2) is 11.7. The highest BCUT2D eigenvalue weighted by atomic mass is 16.5. The number of esters is 1. The molecule has 1 N–H and O–H groups in total. The molecule has 0 saturated heterocycles. The average molecular weight is 501 g/mol. The second-order valence-electron chi connectivity index (χ2n) is 8.46. The van der Waals surface area contributed by atoms with Gasteiger partial charge in [0.2, 0.25) is 0 Å². The number of hydrazone groups is 1. The van der Waals surface area contributed by atoms with Crippen molar-refractivity contribution in [3.05, 3.63) is 132 Å². The van der Waals surface area contributed by atoms with E-state index in [-0.39, 0.29) is 12.5 Å². The highest BCUT2D eigenvalue weighted by molar-refractivity contribution is 6.05. The number of amides is 1. The largest absolute Gasteiger partial charge is 0.484 e. The van der Waals surface area contributed by atoms with Gasteiger partial charge in [0.05, 0.1) is 11.8 Å². The zero-order valence-corrected chi connectivity index (χ0v) is 20.4. The first kappa shape index (κ1) is 24.5. The predicted octanol–water partition coefficient (Wildman–Crippen LogP) is 6.26. The zero-order chi connectivity index (χ0) is 26.2. The summed E-state index contributed by atoms with van der Waals surface area (Å²) in [5.74, 6) is 0.201. The fourth-order valence-corrected chi connectivity index (χ4v) is 3.92. The summed E-state index contributed by atoms with van der Waals surface area (Å²) in [5, 5.41) is 5.78. The number of nitrogens with one attached hydrogen (secondary N) is 1. The maximum Gasteiger partial charge on any atom is 0.344 e. The molecule has 0 bridgehead atoms. The molecule has 0 aliphatic carbocycles. The number of ether oxygens (including phenoxy) is 2. The first-order valence-corrected chi connectivity index (χ1v) is 12.1. The normalized spacial score (nSPS) is 10.8. The molecule has 0 spiro atoms. The number of nitrogens with zero attached hydrogens (tertiary/aromatic N) is 1. The van der Waals surface area contributed by atoms with Gasteiger partial charge in [-0.05, 0) is 69.9 Å². The highest BCUT2D eigenvalue weighted by Crippen LogP contribution is 2.23. The van der Waals surface area contributed by atoms with E-state index in [9.17, 15) is 9.59 Å². The van der Waals surface area contributed by atoms with Gasteiger partial charge in [0, 0.05) is 0 Å². The topological polar surface area (TPSA) is 77.0 Å². The molecule has 0 fully saturated rings. The Hall–Kier alpha value is -5.23. The van der Waals surface area contributed by atoms with Crippen molar-refractivity contribution in [3.8, 4) is 22.6 Å². The van der Waals surface area contributed by atoms with E-state index in [1.807, 2.05) is 91.0 Å². The van der Waals surface area contributed by atoms with Gasteiger partial charge < -0.3 is 9.47 Å². The molecule has 38 heavy (non-hydrogen) atoms. The van der Waals surface area contributed by atoms with Crippen LogP contribution in [0.15, 0.2) is 126 Å². The van der Waals surface area contributed by atoms with Gasteiger partial charge in [0.15, 0.2) is 6.61 Å². The molecular formula is C32H24N2O4. The van der Waals surface area contributed by atoms with E-state index in [2.05, 4.69) is 10.5 Å². The van der Waals surface area contributed by atoms with E-state index < -0.39 is 5.97 Å². The summed E-state index contributed by atoms with van der Waals surface area (Å²) >= 11 is 0. The minimum absolute atomic E-state index is 0.162. The first-order valence-electron chi connectivity index (χ1n) is 12.1. The smallest absolute Gasteiger partial charge is 0.344 e. The number of hydrogen-bond donors (Lipinski definition) is 1. The molecule has 6 nitrogen and oxygen atoms in total. The van der Waals surface area contributed by atoms with Crippen LogP contribution in [0.5, 0.6) is 11.5 Å². The maximum atomic E-state index is 12.7. The van der Waals surface area contributed by atoms with Crippen molar-refractivity contribution < 1.29 is 19.1 Å². The summed E-state index contributed by atoms with van der Waals surface area (Å²) < 4.78 is 11.1. The van der Waals surface area contributed by atoms with E-state index in [1.165, 1.54) is 6.21 Å². The van der Waals surface area contributed by atoms with Crippen LogP contribution in [0.4, 0.5) is 0 Å². The molecular weight excluding hydrogens is 476 g/mol. The minimum Gasteiger partial charge on any atom is -0.484 e. The molecule has 0 saturated carbocycles. The molecule has 186 valence electrons. The van der Waals surface area contributed by atoms with Gasteiger partial charge in [-0.15, -0.1) is 0 Å². The van der Waals surface area contributed by atoms with Gasteiger partial charge in [-0.2, -0.15) is 5.10 Å². The SMILES string of the molecule is O=C(COc1ccc(-c2ccccc2)cc1)N/N=C/c1ccc(OC(=O)c2cccc3ccccc23)cc1. The molecule has 6 heteroatoms. The summed E-state index contributed by atoms with van der Waals surface area (Å²) in [5.41, 5.74) is 5.86. The molecule has 5 rings (SSSR count). The van der Waals surface area contributed by atoms with Crippen LogP contribution >= 0.6 is 0 Å². The molecule has 0 heterocycles. The Morgan fingerprint density at radius 2 is 1.34 bits per heavy atom. The van der Waals surface area contributed by atoms with Crippen molar-refractivity contribution in [2.45, 2.75) is 0 Å². The third-order valence-electron chi connectivity index (χ3n) is 5.83. The van der Waals surface area contributed by atoms with Crippen LogP contribution in [0, 0.1) is 0 Å². The average Bonchev–Trinajstić information content (AvgIpc) is 2.97. The zero-order valence-electron chi connectivity index (χ0n) is 20.4. The van der Waals surface area contributed by atoms with Crippen LogP contribution in [0.3, 0.4) is 0 Å². The van der Waals surface area contributed by atoms with Gasteiger partial charge in [0.1, 0.15) is 11.5 Å². The molecule has 5 aromatic rings. The van der Waals surface area contributed by atoms with Crippen LogP contribution in [-0.2, 0) is 4.79 Å². The standard InChI is InChI=1S/C32H24N2O4/c35-31(22-37-27-19-15-25(16-20-27)24-7-2-1-3-8-24)34-33-21-23-13-17-28(18-14-23)38-32(36)30-12-6-10-26-9-4-5-11-29(26)30/h1-21H,22H2,(H,34,35)/b33-21+. The lowest BCUT2D eigenvalue weighted by atomic mass is 10.0. The van der Waals surface area contributed by atoms with Crippen molar-refractivity contribution >= 4 is 28.9 Å².